The van der Waals surface area contributed by atoms with E-state index in [0.717, 1.165) is 44.5 Å². The Morgan fingerprint density at radius 2 is 2.03 bits per heavy atom. The summed E-state index contributed by atoms with van der Waals surface area (Å²) < 4.78 is 5.33. The zero-order chi connectivity index (χ0) is 23.1. The molecule has 1 aliphatic heterocycles. The molecular formula is C27H29N3O2S. The van der Waals surface area contributed by atoms with E-state index in [9.17, 15) is 5.11 Å². The van der Waals surface area contributed by atoms with E-state index in [2.05, 4.69) is 47.5 Å². The van der Waals surface area contributed by atoms with Gasteiger partial charge in [0.2, 0.25) is 0 Å². The molecule has 5 nitrogen and oxygen atoms in total. The van der Waals surface area contributed by atoms with Gasteiger partial charge in [-0.2, -0.15) is 0 Å². The molecule has 33 heavy (non-hydrogen) atoms. The van der Waals surface area contributed by atoms with E-state index in [0.29, 0.717) is 19.3 Å². The first-order chi connectivity index (χ1) is 15.9. The lowest BCUT2D eigenvalue weighted by Gasteiger charge is -2.32. The van der Waals surface area contributed by atoms with Gasteiger partial charge < -0.3 is 15.6 Å². The molecule has 1 aromatic heterocycles. The van der Waals surface area contributed by atoms with Gasteiger partial charge in [-0.1, -0.05) is 48.6 Å². The molecule has 6 heteroatoms. The molecule has 0 amide bonds. The van der Waals surface area contributed by atoms with Gasteiger partial charge in [-0.05, 0) is 49.8 Å². The molecule has 3 N–H and O–H groups in total. The highest BCUT2D eigenvalue weighted by Crippen LogP contribution is 2.50. The maximum absolute atomic E-state index is 10.6. The highest BCUT2D eigenvalue weighted by atomic mass is 32.1. The highest BCUT2D eigenvalue weighted by molar-refractivity contribution is 7.16. The Morgan fingerprint density at radius 1 is 1.21 bits per heavy atom. The fourth-order valence-corrected chi connectivity index (χ4v) is 6.21. The molecule has 1 saturated carbocycles. The number of hydrogen-bond acceptors (Lipinski definition) is 6. The van der Waals surface area contributed by atoms with Crippen molar-refractivity contribution < 1.29 is 9.84 Å². The molecule has 1 aromatic carbocycles. The fourth-order valence-electron chi connectivity index (χ4n) is 5.10. The molecule has 3 atom stereocenters. The summed E-state index contributed by atoms with van der Waals surface area (Å²) in [6.07, 6.45) is 15.1. The highest BCUT2D eigenvalue weighted by Gasteiger charge is 2.49. The van der Waals surface area contributed by atoms with Crippen LogP contribution in [0.25, 0.3) is 21.6 Å². The maximum atomic E-state index is 10.6. The molecule has 1 spiro atoms. The average Bonchev–Trinajstić information content (AvgIpc) is 3.23. The second-order valence-corrected chi connectivity index (χ2v) is 10.4. The third-order valence-electron chi connectivity index (χ3n) is 6.81. The largest absolute Gasteiger partial charge is 0.495 e. The molecule has 3 aliphatic rings. The summed E-state index contributed by atoms with van der Waals surface area (Å²) in [6.45, 7) is 1.89. The van der Waals surface area contributed by atoms with E-state index >= 15 is 0 Å². The SMILES string of the molecule is COC1=CCC(c2nc(C3=CCC4(C=C3)CC(C)(O)CC4N)c(-c3ccccc3)s2)=CN=C1. The molecular weight excluding hydrogens is 430 g/mol. The molecule has 1 fully saturated rings. The van der Waals surface area contributed by atoms with Crippen LogP contribution >= 0.6 is 11.3 Å². The molecule has 3 unspecified atom stereocenters. The minimum Gasteiger partial charge on any atom is -0.495 e. The third-order valence-corrected chi connectivity index (χ3v) is 7.99. The number of benzene rings is 1. The minimum atomic E-state index is -0.709. The standard InChI is InChI=1S/C27H29N3O2S/c1-26(31)14-22(28)27(17-26)12-10-18(11-13-27)23-24(19-6-4-3-5-7-19)33-25(30-23)20-8-9-21(32-2)16-29-15-20/h3-7,9-12,15-16,22,31H,8,13-14,17,28H2,1-2H3. The van der Waals surface area contributed by atoms with Crippen LogP contribution in [0.5, 0.6) is 0 Å². The lowest BCUT2D eigenvalue weighted by atomic mass is 9.75. The van der Waals surface area contributed by atoms with Crippen molar-refractivity contribution in [2.24, 2.45) is 16.1 Å². The van der Waals surface area contributed by atoms with Crippen LogP contribution in [-0.2, 0) is 4.74 Å². The quantitative estimate of drug-likeness (QED) is 0.645. The zero-order valence-electron chi connectivity index (χ0n) is 19.0. The summed E-state index contributed by atoms with van der Waals surface area (Å²) in [6, 6.07) is 10.4. The summed E-state index contributed by atoms with van der Waals surface area (Å²) in [4.78, 5) is 10.6. The first kappa shape index (κ1) is 22.0. The maximum Gasteiger partial charge on any atom is 0.133 e. The second kappa shape index (κ2) is 8.52. The normalized spacial score (nSPS) is 29.0. The number of nitrogens with zero attached hydrogens (tertiary/aromatic N) is 2. The molecule has 2 aromatic rings. The molecule has 2 heterocycles. The Morgan fingerprint density at radius 3 is 2.70 bits per heavy atom. The van der Waals surface area contributed by atoms with Crippen molar-refractivity contribution in [2.75, 3.05) is 7.11 Å². The minimum absolute atomic E-state index is 0.0445. The van der Waals surface area contributed by atoms with Crippen LogP contribution in [0.4, 0.5) is 0 Å². The topological polar surface area (TPSA) is 80.7 Å². The van der Waals surface area contributed by atoms with Crippen LogP contribution in [0.2, 0.25) is 0 Å². The molecule has 0 radical (unpaired) electrons. The second-order valence-electron chi connectivity index (χ2n) is 9.42. The van der Waals surface area contributed by atoms with E-state index in [-0.39, 0.29) is 11.5 Å². The zero-order valence-corrected chi connectivity index (χ0v) is 19.8. The molecule has 2 aliphatic carbocycles. The Kier molecular flexibility index (Phi) is 5.69. The lowest BCUT2D eigenvalue weighted by Crippen LogP contribution is -2.35. The van der Waals surface area contributed by atoms with Crippen LogP contribution in [0.1, 0.15) is 43.3 Å². The van der Waals surface area contributed by atoms with Gasteiger partial charge >= 0.3 is 0 Å². The van der Waals surface area contributed by atoms with Crippen LogP contribution < -0.4 is 5.73 Å². The van der Waals surface area contributed by atoms with Gasteiger partial charge in [0.1, 0.15) is 10.8 Å². The van der Waals surface area contributed by atoms with E-state index < -0.39 is 5.60 Å². The van der Waals surface area contributed by atoms with Crippen molar-refractivity contribution in [1.29, 1.82) is 0 Å². The van der Waals surface area contributed by atoms with E-state index in [1.165, 1.54) is 0 Å². The molecule has 0 bridgehead atoms. The predicted octanol–water partition coefficient (Wildman–Crippen LogP) is 5.36. The van der Waals surface area contributed by atoms with E-state index in [4.69, 9.17) is 15.5 Å². The van der Waals surface area contributed by atoms with Crippen LogP contribution in [-0.4, -0.2) is 35.1 Å². The summed E-state index contributed by atoms with van der Waals surface area (Å²) in [5.41, 5.74) is 9.89. The Hall–Kier alpha value is -2.80. The average molecular weight is 460 g/mol. The lowest BCUT2D eigenvalue weighted by molar-refractivity contribution is 0.0580. The molecule has 5 rings (SSSR count). The Labute approximate surface area is 198 Å². The van der Waals surface area contributed by atoms with Crippen molar-refractivity contribution in [1.82, 2.24) is 4.98 Å². The number of allylic oxidation sites excluding steroid dienone is 6. The van der Waals surface area contributed by atoms with Crippen molar-refractivity contribution >= 4 is 28.7 Å². The number of hydrogen-bond donors (Lipinski definition) is 2. The Balaban J connectivity index is 1.51. The summed E-state index contributed by atoms with van der Waals surface area (Å²) in [7, 11) is 1.65. The number of aliphatic imine (C=N–C) groups is 1. The summed E-state index contributed by atoms with van der Waals surface area (Å²) in [5.74, 6) is 0.758. The van der Waals surface area contributed by atoms with Crippen molar-refractivity contribution in [3.8, 4) is 10.4 Å². The first-order valence-electron chi connectivity index (χ1n) is 11.3. The number of nitrogens with two attached hydrogens (primary N) is 1. The predicted molar refractivity (Wildman–Crippen MR) is 136 cm³/mol. The summed E-state index contributed by atoms with van der Waals surface area (Å²) in [5, 5.41) is 11.6. The van der Waals surface area contributed by atoms with Gasteiger partial charge in [0.15, 0.2) is 0 Å². The number of ether oxygens (including phenoxy) is 1. The van der Waals surface area contributed by atoms with Gasteiger partial charge in [-0.25, -0.2) is 4.98 Å². The van der Waals surface area contributed by atoms with Crippen LogP contribution in [0.15, 0.2) is 71.6 Å². The van der Waals surface area contributed by atoms with E-state index in [1.807, 2.05) is 25.3 Å². The van der Waals surface area contributed by atoms with Crippen LogP contribution in [0, 0.1) is 5.41 Å². The van der Waals surface area contributed by atoms with Gasteiger partial charge in [0, 0.05) is 23.2 Å². The monoisotopic (exact) mass is 459 g/mol. The third kappa shape index (κ3) is 4.26. The van der Waals surface area contributed by atoms with Crippen molar-refractivity contribution in [3.63, 3.8) is 0 Å². The van der Waals surface area contributed by atoms with Gasteiger partial charge in [-0.3, -0.25) is 4.99 Å². The number of aromatic nitrogens is 1. The van der Waals surface area contributed by atoms with Gasteiger partial charge in [0.25, 0.3) is 0 Å². The number of thiazole rings is 1. The number of aliphatic hydroxyl groups is 1. The Bertz CT molecular complexity index is 1200. The van der Waals surface area contributed by atoms with Crippen LogP contribution in [0.3, 0.4) is 0 Å². The van der Waals surface area contributed by atoms with Gasteiger partial charge in [-0.15, -0.1) is 11.3 Å². The van der Waals surface area contributed by atoms with E-state index in [1.54, 1.807) is 24.7 Å². The number of rotatable bonds is 4. The summed E-state index contributed by atoms with van der Waals surface area (Å²) >= 11 is 1.69. The van der Waals surface area contributed by atoms with Crippen molar-refractivity contribution in [3.05, 3.63) is 77.3 Å². The first-order valence-corrected chi connectivity index (χ1v) is 12.1. The number of methoxy groups -OCH3 is 1. The molecule has 170 valence electrons. The smallest absolute Gasteiger partial charge is 0.133 e. The fraction of sp³-hybridized carbons (Fsp3) is 0.333. The van der Waals surface area contributed by atoms with Gasteiger partial charge in [0.05, 0.1) is 29.5 Å². The van der Waals surface area contributed by atoms with Crippen molar-refractivity contribution in [2.45, 2.75) is 44.2 Å². The molecule has 0 saturated heterocycles.